The maximum absolute atomic E-state index is 11.4. The van der Waals surface area contributed by atoms with Gasteiger partial charge in [-0.25, -0.2) is 0 Å². The number of unbranched alkanes of at least 4 members (excludes halogenated alkanes) is 8. The molecule has 4 nitrogen and oxygen atoms in total. The van der Waals surface area contributed by atoms with Crippen molar-refractivity contribution in [2.24, 2.45) is 0 Å². The van der Waals surface area contributed by atoms with Gasteiger partial charge in [0.05, 0.1) is 12.0 Å². The summed E-state index contributed by atoms with van der Waals surface area (Å²) in [5, 5.41) is 12.8. The largest absolute Gasteiger partial charge is 1.00 e. The minimum Gasteiger partial charge on any atom is -0.548 e. The summed E-state index contributed by atoms with van der Waals surface area (Å²) >= 11 is 0. The van der Waals surface area contributed by atoms with Crippen LogP contribution < -0.4 is 61.8 Å². The molecule has 1 amide bonds. The molecule has 0 aliphatic rings. The third-order valence-corrected chi connectivity index (χ3v) is 3.24. The van der Waals surface area contributed by atoms with Crippen LogP contribution in [-0.2, 0) is 9.59 Å². The van der Waals surface area contributed by atoms with E-state index in [0.717, 1.165) is 19.3 Å². The molecule has 0 radical (unpaired) electrons. The van der Waals surface area contributed by atoms with E-state index < -0.39 is 12.0 Å². The van der Waals surface area contributed by atoms with Crippen LogP contribution in [0, 0.1) is 0 Å². The van der Waals surface area contributed by atoms with Crippen LogP contribution in [0.1, 0.15) is 78.1 Å². The Morgan fingerprint density at radius 3 is 1.85 bits per heavy atom. The molecule has 0 spiro atoms. The summed E-state index contributed by atoms with van der Waals surface area (Å²) in [6.45, 7) is 3.63. The van der Waals surface area contributed by atoms with Gasteiger partial charge in [-0.05, 0) is 13.3 Å². The molecule has 1 unspecified atom stereocenters. The molecule has 0 saturated carbocycles. The number of amides is 1. The molecule has 0 bridgehead atoms. The zero-order chi connectivity index (χ0) is 14.5. The van der Waals surface area contributed by atoms with Gasteiger partial charge in [0.25, 0.3) is 0 Å². The maximum atomic E-state index is 11.4. The van der Waals surface area contributed by atoms with E-state index in [0.29, 0.717) is 6.42 Å². The molecule has 0 aromatic heterocycles. The summed E-state index contributed by atoms with van der Waals surface area (Å²) in [7, 11) is 0. The first kappa shape index (κ1) is 22.9. The van der Waals surface area contributed by atoms with Crippen LogP contribution in [0.25, 0.3) is 0 Å². The Balaban J connectivity index is 0. The van der Waals surface area contributed by atoms with E-state index in [9.17, 15) is 14.7 Å². The number of rotatable bonds is 12. The topological polar surface area (TPSA) is 69.2 Å². The number of nitrogens with one attached hydrogen (secondary N) is 1. The van der Waals surface area contributed by atoms with Gasteiger partial charge in [-0.15, -0.1) is 0 Å². The van der Waals surface area contributed by atoms with Gasteiger partial charge in [0.1, 0.15) is 0 Å². The predicted octanol–water partition coefficient (Wildman–Crippen LogP) is -0.834. The van der Waals surface area contributed by atoms with Gasteiger partial charge in [-0.1, -0.05) is 58.3 Å². The van der Waals surface area contributed by atoms with Crippen molar-refractivity contribution in [3.05, 3.63) is 0 Å². The van der Waals surface area contributed by atoms with Gasteiger partial charge >= 0.3 is 51.4 Å². The van der Waals surface area contributed by atoms with Crippen molar-refractivity contribution in [2.45, 2.75) is 84.1 Å². The summed E-state index contributed by atoms with van der Waals surface area (Å²) in [4.78, 5) is 21.8. The van der Waals surface area contributed by atoms with Crippen LogP contribution in [0.3, 0.4) is 0 Å². The number of hydrogen-bond donors (Lipinski definition) is 1. The van der Waals surface area contributed by atoms with E-state index in [4.69, 9.17) is 0 Å². The van der Waals surface area contributed by atoms with E-state index in [-0.39, 0.29) is 57.3 Å². The number of aliphatic carboxylic acids is 1. The van der Waals surface area contributed by atoms with Crippen molar-refractivity contribution in [1.82, 2.24) is 5.32 Å². The fourth-order valence-electron chi connectivity index (χ4n) is 1.97. The first-order valence-corrected chi connectivity index (χ1v) is 7.58. The molecule has 0 fully saturated rings. The quantitative estimate of drug-likeness (QED) is 0.378. The fourth-order valence-corrected chi connectivity index (χ4v) is 1.97. The Labute approximate surface area is 165 Å². The van der Waals surface area contributed by atoms with Crippen molar-refractivity contribution in [1.29, 1.82) is 0 Å². The van der Waals surface area contributed by atoms with Crippen molar-refractivity contribution in [3.8, 4) is 0 Å². The van der Waals surface area contributed by atoms with Crippen molar-refractivity contribution >= 4 is 11.9 Å². The molecule has 0 rings (SSSR count). The number of carbonyl (C=O) groups excluding carboxylic acids is 2. The third kappa shape index (κ3) is 15.0. The zero-order valence-corrected chi connectivity index (χ0v) is 16.5. The van der Waals surface area contributed by atoms with E-state index in [2.05, 4.69) is 12.2 Å². The average Bonchev–Trinajstić information content (AvgIpc) is 2.36. The molecule has 0 aromatic rings. The van der Waals surface area contributed by atoms with Crippen molar-refractivity contribution in [2.75, 3.05) is 0 Å². The Morgan fingerprint density at radius 1 is 0.950 bits per heavy atom. The average molecular weight is 309 g/mol. The summed E-state index contributed by atoms with van der Waals surface area (Å²) in [6, 6.07) is -0.897. The van der Waals surface area contributed by atoms with Gasteiger partial charge in [0, 0.05) is 6.42 Å². The molecule has 0 aliphatic carbocycles. The van der Waals surface area contributed by atoms with Crippen LogP contribution >= 0.6 is 0 Å². The molecule has 0 saturated heterocycles. The van der Waals surface area contributed by atoms with Gasteiger partial charge < -0.3 is 15.2 Å². The Morgan fingerprint density at radius 2 is 1.40 bits per heavy atom. The van der Waals surface area contributed by atoms with Gasteiger partial charge in [0.2, 0.25) is 5.91 Å². The second-order valence-corrected chi connectivity index (χ2v) is 5.19. The van der Waals surface area contributed by atoms with E-state index in [1.54, 1.807) is 0 Å². The molecule has 20 heavy (non-hydrogen) atoms. The second-order valence-electron chi connectivity index (χ2n) is 5.19. The monoisotopic (exact) mass is 309 g/mol. The van der Waals surface area contributed by atoms with Crippen LogP contribution in [0.5, 0.6) is 0 Å². The minimum atomic E-state index is -1.24. The molecular formula is C15H28KNO3. The van der Waals surface area contributed by atoms with Crippen molar-refractivity contribution < 1.29 is 66.1 Å². The second kappa shape index (κ2) is 16.0. The minimum absolute atomic E-state index is 0. The molecule has 5 heteroatoms. The SMILES string of the molecule is CCCCCCCCCCCC(=O)NC(C)C(=O)[O-].[K+]. The van der Waals surface area contributed by atoms with Gasteiger partial charge in [0.15, 0.2) is 0 Å². The molecule has 0 heterocycles. The fraction of sp³-hybridized carbons (Fsp3) is 0.867. The first-order chi connectivity index (χ1) is 9.07. The summed E-state index contributed by atoms with van der Waals surface area (Å²) < 4.78 is 0. The number of carboxylic acid groups (broad SMARTS) is 1. The van der Waals surface area contributed by atoms with Crippen molar-refractivity contribution in [3.63, 3.8) is 0 Å². The molecular weight excluding hydrogens is 281 g/mol. The summed E-state index contributed by atoms with van der Waals surface area (Å²) in [5.74, 6) is -1.43. The summed E-state index contributed by atoms with van der Waals surface area (Å²) in [5.41, 5.74) is 0. The Hall–Kier alpha value is 0.576. The molecule has 0 aromatic carbocycles. The van der Waals surface area contributed by atoms with Gasteiger partial charge in [-0.3, -0.25) is 4.79 Å². The van der Waals surface area contributed by atoms with Crippen LogP contribution in [0.4, 0.5) is 0 Å². The van der Waals surface area contributed by atoms with E-state index in [1.165, 1.54) is 45.4 Å². The van der Waals surface area contributed by atoms with Crippen LogP contribution in [0.2, 0.25) is 0 Å². The smallest absolute Gasteiger partial charge is 0.548 e. The molecule has 1 N–H and O–H groups in total. The van der Waals surface area contributed by atoms with E-state index in [1.807, 2.05) is 0 Å². The number of carbonyl (C=O) groups is 2. The Kier molecular flexibility index (Phi) is 18.2. The van der Waals surface area contributed by atoms with Crippen LogP contribution in [-0.4, -0.2) is 17.9 Å². The van der Waals surface area contributed by atoms with Crippen LogP contribution in [0.15, 0.2) is 0 Å². The third-order valence-electron chi connectivity index (χ3n) is 3.24. The normalized spacial score (nSPS) is 11.5. The molecule has 0 aliphatic heterocycles. The molecule has 1 atom stereocenters. The first-order valence-electron chi connectivity index (χ1n) is 7.58. The van der Waals surface area contributed by atoms with Gasteiger partial charge in [-0.2, -0.15) is 0 Å². The van der Waals surface area contributed by atoms with E-state index >= 15 is 0 Å². The number of carboxylic acids is 1. The predicted molar refractivity (Wildman–Crippen MR) is 74.5 cm³/mol. The number of hydrogen-bond acceptors (Lipinski definition) is 3. The standard InChI is InChI=1S/C15H29NO3.K/c1-3-4-5-6-7-8-9-10-11-12-14(17)16-13(2)15(18)19;/h13H,3-12H2,1-2H3,(H,16,17)(H,18,19);/q;+1/p-1. The Bertz CT molecular complexity index is 260. The summed E-state index contributed by atoms with van der Waals surface area (Å²) in [6.07, 6.45) is 11.2. The maximum Gasteiger partial charge on any atom is 1.00 e. The zero-order valence-electron chi connectivity index (χ0n) is 13.4. The molecule has 112 valence electrons.